The molecule has 0 aromatic heterocycles. The van der Waals surface area contributed by atoms with Gasteiger partial charge in [0.2, 0.25) is 0 Å². The largest absolute Gasteiger partial charge is 0.477 e. The van der Waals surface area contributed by atoms with Gasteiger partial charge in [0.1, 0.15) is 22.9 Å². The second-order valence-electron chi connectivity index (χ2n) is 3.67. The Morgan fingerprint density at radius 3 is 2.53 bits per heavy atom. The van der Waals surface area contributed by atoms with Crippen LogP contribution in [0.3, 0.4) is 0 Å². The van der Waals surface area contributed by atoms with Crippen molar-refractivity contribution < 1.29 is 19.0 Å². The number of hydrogen-bond donors (Lipinski definition) is 2. The van der Waals surface area contributed by atoms with Crippen LogP contribution in [-0.4, -0.2) is 11.1 Å². The second kappa shape index (κ2) is 5.43. The number of ether oxygens (including phenoxy) is 1. The lowest BCUT2D eigenvalue weighted by Gasteiger charge is -2.12. The summed E-state index contributed by atoms with van der Waals surface area (Å²) >= 11 is 2.05. The van der Waals surface area contributed by atoms with E-state index in [0.717, 1.165) is 9.64 Å². The van der Waals surface area contributed by atoms with Crippen LogP contribution in [0.5, 0.6) is 11.5 Å². The number of aromatic carboxylic acids is 1. The number of nitrogens with two attached hydrogens (primary N) is 1. The summed E-state index contributed by atoms with van der Waals surface area (Å²) in [7, 11) is 0. The lowest BCUT2D eigenvalue weighted by Crippen LogP contribution is -2.07. The summed E-state index contributed by atoms with van der Waals surface area (Å²) in [5, 5.41) is 9.09. The fourth-order valence-corrected chi connectivity index (χ4v) is 2.02. The number of nitrogen functional groups attached to an aromatic ring is 1. The van der Waals surface area contributed by atoms with Crippen molar-refractivity contribution in [3.63, 3.8) is 0 Å². The molecule has 0 unspecified atom stereocenters. The Hall–Kier alpha value is -1.83. The Balaban J connectivity index is 2.49. The van der Waals surface area contributed by atoms with Crippen LogP contribution in [0.4, 0.5) is 10.1 Å². The molecule has 2 aromatic carbocycles. The second-order valence-corrected chi connectivity index (χ2v) is 4.83. The van der Waals surface area contributed by atoms with Crippen LogP contribution in [0.2, 0.25) is 0 Å². The van der Waals surface area contributed by atoms with Gasteiger partial charge in [0, 0.05) is 0 Å². The van der Waals surface area contributed by atoms with Gasteiger partial charge in [-0.15, -0.1) is 0 Å². The molecule has 0 spiro atoms. The third-order valence-corrected chi connectivity index (χ3v) is 3.32. The molecule has 0 radical (unpaired) electrons. The molecular weight excluding hydrogens is 364 g/mol. The predicted molar refractivity (Wildman–Crippen MR) is 77.0 cm³/mol. The molecule has 2 aromatic rings. The van der Waals surface area contributed by atoms with Gasteiger partial charge in [-0.3, -0.25) is 0 Å². The first-order valence-electron chi connectivity index (χ1n) is 5.24. The van der Waals surface area contributed by atoms with Gasteiger partial charge >= 0.3 is 5.97 Å². The van der Waals surface area contributed by atoms with Crippen LogP contribution in [-0.2, 0) is 0 Å². The highest BCUT2D eigenvalue weighted by molar-refractivity contribution is 14.1. The van der Waals surface area contributed by atoms with E-state index < -0.39 is 17.5 Å². The van der Waals surface area contributed by atoms with Crippen molar-refractivity contribution in [3.8, 4) is 11.5 Å². The van der Waals surface area contributed by atoms with E-state index in [2.05, 4.69) is 22.6 Å². The molecule has 98 valence electrons. The van der Waals surface area contributed by atoms with E-state index in [0.29, 0.717) is 5.75 Å². The van der Waals surface area contributed by atoms with Crippen LogP contribution in [0.15, 0.2) is 36.4 Å². The molecule has 0 saturated heterocycles. The number of anilines is 1. The third kappa shape index (κ3) is 2.78. The molecule has 0 aliphatic rings. The maximum absolute atomic E-state index is 13.3. The van der Waals surface area contributed by atoms with Crippen LogP contribution in [0.25, 0.3) is 0 Å². The van der Waals surface area contributed by atoms with Crippen molar-refractivity contribution >= 4 is 34.2 Å². The van der Waals surface area contributed by atoms with Crippen molar-refractivity contribution in [2.24, 2.45) is 0 Å². The van der Waals surface area contributed by atoms with Gasteiger partial charge < -0.3 is 15.6 Å². The summed E-state index contributed by atoms with van der Waals surface area (Å²) in [6, 6.07) is 9.40. The van der Waals surface area contributed by atoms with Gasteiger partial charge in [-0.25, -0.2) is 9.18 Å². The molecule has 19 heavy (non-hydrogen) atoms. The van der Waals surface area contributed by atoms with Crippen molar-refractivity contribution in [1.82, 2.24) is 0 Å². The minimum absolute atomic E-state index is 0.00974. The summed E-state index contributed by atoms with van der Waals surface area (Å²) in [5.74, 6) is -1.63. The highest BCUT2D eigenvalue weighted by Crippen LogP contribution is 2.32. The Kier molecular flexibility index (Phi) is 3.89. The van der Waals surface area contributed by atoms with Crippen molar-refractivity contribution in [1.29, 1.82) is 0 Å². The quantitative estimate of drug-likeness (QED) is 0.638. The summed E-state index contributed by atoms with van der Waals surface area (Å²) in [5.41, 5.74) is 4.63. The third-order valence-electron chi connectivity index (χ3n) is 2.42. The first kappa shape index (κ1) is 13.6. The Morgan fingerprint density at radius 1 is 1.21 bits per heavy atom. The molecule has 0 aliphatic heterocycles. The van der Waals surface area contributed by atoms with Gasteiger partial charge in [-0.05, 0) is 46.9 Å². The molecule has 0 amide bonds. The topological polar surface area (TPSA) is 72.5 Å². The number of benzene rings is 2. The number of para-hydroxylation sites is 1. The van der Waals surface area contributed by atoms with Crippen molar-refractivity contribution in [3.05, 3.63) is 51.3 Å². The average molecular weight is 373 g/mol. The number of hydrogen-bond acceptors (Lipinski definition) is 3. The van der Waals surface area contributed by atoms with Gasteiger partial charge in [0.15, 0.2) is 0 Å². The summed E-state index contributed by atoms with van der Waals surface area (Å²) < 4.78 is 19.6. The SMILES string of the molecule is Nc1c(F)ccc(Oc2ccccc2I)c1C(=O)O. The fraction of sp³-hybridized carbons (Fsp3) is 0. The first-order valence-corrected chi connectivity index (χ1v) is 6.32. The lowest BCUT2D eigenvalue weighted by molar-refractivity contribution is 0.0695. The van der Waals surface area contributed by atoms with Gasteiger partial charge in [0.05, 0.1) is 9.26 Å². The van der Waals surface area contributed by atoms with Crippen molar-refractivity contribution in [2.45, 2.75) is 0 Å². The number of carbonyl (C=O) groups is 1. The normalized spacial score (nSPS) is 10.2. The number of carboxylic acids is 1. The van der Waals surface area contributed by atoms with E-state index in [-0.39, 0.29) is 11.3 Å². The molecule has 3 N–H and O–H groups in total. The van der Waals surface area contributed by atoms with E-state index in [1.54, 1.807) is 12.1 Å². The zero-order valence-electron chi connectivity index (χ0n) is 9.56. The predicted octanol–water partition coefficient (Wildman–Crippen LogP) is 3.50. The van der Waals surface area contributed by atoms with Gasteiger partial charge in [0.25, 0.3) is 0 Å². The Labute approximate surface area is 122 Å². The van der Waals surface area contributed by atoms with Crippen molar-refractivity contribution in [2.75, 3.05) is 5.73 Å². The minimum Gasteiger partial charge on any atom is -0.477 e. The monoisotopic (exact) mass is 373 g/mol. The molecule has 2 rings (SSSR count). The number of halogens is 2. The highest BCUT2D eigenvalue weighted by Gasteiger charge is 2.19. The van der Waals surface area contributed by atoms with Gasteiger partial charge in [-0.2, -0.15) is 0 Å². The maximum Gasteiger partial charge on any atom is 0.341 e. The molecule has 4 nitrogen and oxygen atoms in total. The zero-order valence-corrected chi connectivity index (χ0v) is 11.7. The minimum atomic E-state index is -1.34. The van der Waals surface area contributed by atoms with E-state index in [1.165, 1.54) is 6.07 Å². The van der Waals surface area contributed by atoms with Gasteiger partial charge in [-0.1, -0.05) is 12.1 Å². The lowest BCUT2D eigenvalue weighted by atomic mass is 10.1. The molecule has 6 heteroatoms. The molecular formula is C13H9FINO3. The summed E-state index contributed by atoms with van der Waals surface area (Å²) in [6.07, 6.45) is 0. The average Bonchev–Trinajstić information content (AvgIpc) is 2.36. The molecule has 0 saturated carbocycles. The molecule has 0 bridgehead atoms. The van der Waals surface area contributed by atoms with E-state index in [9.17, 15) is 9.18 Å². The zero-order chi connectivity index (χ0) is 14.0. The van der Waals surface area contributed by atoms with Crippen LogP contribution in [0.1, 0.15) is 10.4 Å². The van der Waals surface area contributed by atoms with Crippen LogP contribution >= 0.6 is 22.6 Å². The Bertz CT molecular complexity index is 646. The molecule has 0 fully saturated rings. The molecule has 0 atom stereocenters. The van der Waals surface area contributed by atoms with E-state index >= 15 is 0 Å². The summed E-state index contributed by atoms with van der Waals surface area (Å²) in [6.45, 7) is 0. The first-order chi connectivity index (χ1) is 9.00. The maximum atomic E-state index is 13.3. The van der Waals surface area contributed by atoms with Crippen LogP contribution < -0.4 is 10.5 Å². The summed E-state index contributed by atoms with van der Waals surface area (Å²) in [4.78, 5) is 11.1. The smallest absolute Gasteiger partial charge is 0.341 e. The molecule has 0 heterocycles. The van der Waals surface area contributed by atoms with Crippen LogP contribution in [0, 0.1) is 9.39 Å². The number of rotatable bonds is 3. The number of carboxylic acid groups (broad SMARTS) is 1. The van der Waals surface area contributed by atoms with E-state index in [1.807, 2.05) is 12.1 Å². The Morgan fingerprint density at radius 2 is 1.89 bits per heavy atom. The standard InChI is InChI=1S/C13H9FINO3/c14-7-5-6-10(11(12(7)16)13(17)18)19-9-4-2-1-3-8(9)15/h1-6H,16H2,(H,17,18). The highest BCUT2D eigenvalue weighted by atomic mass is 127. The van der Waals surface area contributed by atoms with E-state index in [4.69, 9.17) is 15.6 Å². The fourth-order valence-electron chi connectivity index (χ4n) is 1.53. The molecule has 0 aliphatic carbocycles.